The van der Waals surface area contributed by atoms with Gasteiger partial charge in [-0.1, -0.05) is 0 Å². The van der Waals surface area contributed by atoms with Crippen molar-refractivity contribution in [1.82, 2.24) is 0 Å². The minimum absolute atomic E-state index is 0.110. The lowest BCUT2D eigenvalue weighted by Crippen LogP contribution is -1.87. The van der Waals surface area contributed by atoms with Crippen molar-refractivity contribution in [2.45, 2.75) is 6.61 Å². The van der Waals surface area contributed by atoms with E-state index >= 15 is 0 Å². The Bertz CT molecular complexity index is 275. The Morgan fingerprint density at radius 3 is 2.64 bits per heavy atom. The molecule has 0 radical (unpaired) electrons. The van der Waals surface area contributed by atoms with E-state index in [0.29, 0.717) is 0 Å². The number of benzene rings is 1. The SMILES string of the molecule is OCc1cc(F)c(Br)cc1O. The van der Waals surface area contributed by atoms with Gasteiger partial charge in [0, 0.05) is 5.56 Å². The molecule has 0 unspecified atom stereocenters. The maximum absolute atomic E-state index is 12.7. The minimum Gasteiger partial charge on any atom is -0.508 e. The summed E-state index contributed by atoms with van der Waals surface area (Å²) in [7, 11) is 0. The molecule has 0 amide bonds. The van der Waals surface area contributed by atoms with Crippen molar-refractivity contribution >= 4 is 15.9 Å². The van der Waals surface area contributed by atoms with E-state index in [1.807, 2.05) is 0 Å². The lowest BCUT2D eigenvalue weighted by atomic mass is 10.2. The van der Waals surface area contributed by atoms with Gasteiger partial charge in [0.1, 0.15) is 11.6 Å². The molecule has 4 heteroatoms. The molecule has 0 bridgehead atoms. The van der Waals surface area contributed by atoms with Crippen LogP contribution in [0, 0.1) is 5.82 Å². The van der Waals surface area contributed by atoms with Gasteiger partial charge in [0.05, 0.1) is 11.1 Å². The van der Waals surface area contributed by atoms with Crippen LogP contribution in [0.3, 0.4) is 0 Å². The van der Waals surface area contributed by atoms with Gasteiger partial charge >= 0.3 is 0 Å². The normalized spacial score (nSPS) is 10.1. The molecule has 0 fully saturated rings. The van der Waals surface area contributed by atoms with E-state index < -0.39 is 5.82 Å². The second kappa shape index (κ2) is 3.19. The van der Waals surface area contributed by atoms with Crippen molar-refractivity contribution < 1.29 is 14.6 Å². The molecule has 0 saturated carbocycles. The Morgan fingerprint density at radius 1 is 1.45 bits per heavy atom. The third-order valence-corrected chi connectivity index (χ3v) is 1.90. The fraction of sp³-hybridized carbons (Fsp3) is 0.143. The van der Waals surface area contributed by atoms with Gasteiger partial charge < -0.3 is 10.2 Å². The van der Waals surface area contributed by atoms with E-state index in [2.05, 4.69) is 15.9 Å². The van der Waals surface area contributed by atoms with Crippen molar-refractivity contribution in [3.63, 3.8) is 0 Å². The first-order chi connectivity index (χ1) is 5.15. The summed E-state index contributed by atoms with van der Waals surface area (Å²) in [6.07, 6.45) is 0. The molecule has 2 N–H and O–H groups in total. The zero-order valence-corrected chi connectivity index (χ0v) is 7.10. The highest BCUT2D eigenvalue weighted by Crippen LogP contribution is 2.25. The standard InChI is InChI=1S/C7H6BrFO2/c8-5-2-7(11)4(3-10)1-6(5)9/h1-2,10-11H,3H2. The van der Waals surface area contributed by atoms with Gasteiger partial charge in [-0.3, -0.25) is 0 Å². The van der Waals surface area contributed by atoms with E-state index in [1.54, 1.807) is 0 Å². The molecule has 0 aliphatic heterocycles. The highest BCUT2D eigenvalue weighted by atomic mass is 79.9. The van der Waals surface area contributed by atoms with E-state index in [-0.39, 0.29) is 22.4 Å². The van der Waals surface area contributed by atoms with E-state index in [4.69, 9.17) is 10.2 Å². The number of phenols is 1. The molecule has 1 rings (SSSR count). The summed E-state index contributed by atoms with van der Waals surface area (Å²) in [4.78, 5) is 0. The van der Waals surface area contributed by atoms with Crippen LogP contribution in [0.15, 0.2) is 16.6 Å². The number of halogens is 2. The van der Waals surface area contributed by atoms with Gasteiger partial charge in [-0.25, -0.2) is 4.39 Å². The monoisotopic (exact) mass is 220 g/mol. The van der Waals surface area contributed by atoms with Crippen molar-refractivity contribution in [2.75, 3.05) is 0 Å². The minimum atomic E-state index is -0.494. The fourth-order valence-electron chi connectivity index (χ4n) is 0.704. The second-order valence-electron chi connectivity index (χ2n) is 2.05. The highest BCUT2D eigenvalue weighted by molar-refractivity contribution is 9.10. The average molecular weight is 221 g/mol. The van der Waals surface area contributed by atoms with Crippen LogP contribution in [0.5, 0.6) is 5.75 Å². The Labute approximate surface area is 71.4 Å². The first-order valence-corrected chi connectivity index (χ1v) is 3.72. The van der Waals surface area contributed by atoms with Crippen molar-refractivity contribution in [1.29, 1.82) is 0 Å². The quantitative estimate of drug-likeness (QED) is 0.758. The van der Waals surface area contributed by atoms with Crippen LogP contribution in [0.25, 0.3) is 0 Å². The Kier molecular flexibility index (Phi) is 2.46. The summed E-state index contributed by atoms with van der Waals surface area (Å²) in [5, 5.41) is 17.7. The Hall–Kier alpha value is -0.610. The number of aromatic hydroxyl groups is 1. The van der Waals surface area contributed by atoms with Gasteiger partial charge in [0.15, 0.2) is 0 Å². The first kappa shape index (κ1) is 8.49. The summed E-state index contributed by atoms with van der Waals surface area (Å²) >= 11 is 2.89. The van der Waals surface area contributed by atoms with E-state index in [1.165, 1.54) is 6.07 Å². The molecule has 0 saturated heterocycles. The summed E-state index contributed by atoms with van der Waals surface area (Å²) in [5.41, 5.74) is 0.186. The second-order valence-corrected chi connectivity index (χ2v) is 2.91. The molecule has 0 spiro atoms. The molecular weight excluding hydrogens is 215 g/mol. The topological polar surface area (TPSA) is 40.5 Å². The third-order valence-electron chi connectivity index (χ3n) is 1.29. The van der Waals surface area contributed by atoms with Crippen LogP contribution >= 0.6 is 15.9 Å². The zero-order valence-electron chi connectivity index (χ0n) is 5.51. The summed E-state index contributed by atoms with van der Waals surface area (Å²) in [5.74, 6) is -0.604. The third kappa shape index (κ3) is 1.70. The molecule has 2 nitrogen and oxygen atoms in total. The van der Waals surface area contributed by atoms with Crippen molar-refractivity contribution in [3.05, 3.63) is 28.0 Å². The molecule has 11 heavy (non-hydrogen) atoms. The maximum atomic E-state index is 12.7. The largest absolute Gasteiger partial charge is 0.508 e. The van der Waals surface area contributed by atoms with Gasteiger partial charge in [0.25, 0.3) is 0 Å². The van der Waals surface area contributed by atoms with Gasteiger partial charge in [-0.2, -0.15) is 0 Å². The Morgan fingerprint density at radius 2 is 2.09 bits per heavy atom. The van der Waals surface area contributed by atoms with Crippen molar-refractivity contribution in [3.8, 4) is 5.75 Å². The van der Waals surface area contributed by atoms with Crippen LogP contribution in [0.1, 0.15) is 5.56 Å². The van der Waals surface area contributed by atoms with Crippen molar-refractivity contribution in [2.24, 2.45) is 0 Å². The first-order valence-electron chi connectivity index (χ1n) is 2.93. The van der Waals surface area contributed by atoms with Gasteiger partial charge in [0.2, 0.25) is 0 Å². The van der Waals surface area contributed by atoms with Crippen LogP contribution in [0.4, 0.5) is 4.39 Å². The lowest BCUT2D eigenvalue weighted by molar-refractivity contribution is 0.274. The predicted octanol–water partition coefficient (Wildman–Crippen LogP) is 1.79. The van der Waals surface area contributed by atoms with Crippen LogP contribution in [-0.2, 0) is 6.61 Å². The molecule has 1 aromatic rings. The number of aliphatic hydroxyl groups excluding tert-OH is 1. The van der Waals surface area contributed by atoms with Crippen LogP contribution < -0.4 is 0 Å². The molecule has 60 valence electrons. The summed E-state index contributed by atoms with van der Waals surface area (Å²) in [6.45, 7) is -0.365. The van der Waals surface area contributed by atoms with Gasteiger partial charge in [-0.15, -0.1) is 0 Å². The average Bonchev–Trinajstić information content (AvgIpc) is 1.97. The number of rotatable bonds is 1. The lowest BCUT2D eigenvalue weighted by Gasteiger charge is -2.01. The molecule has 1 aromatic carbocycles. The summed E-state index contributed by atoms with van der Waals surface area (Å²) < 4.78 is 12.9. The molecule has 0 aliphatic carbocycles. The zero-order chi connectivity index (χ0) is 8.43. The van der Waals surface area contributed by atoms with Gasteiger partial charge in [-0.05, 0) is 28.1 Å². The number of aliphatic hydroxyl groups is 1. The summed E-state index contributed by atoms with van der Waals surface area (Å²) in [6, 6.07) is 2.29. The molecule has 0 aromatic heterocycles. The highest BCUT2D eigenvalue weighted by Gasteiger charge is 2.05. The molecule has 0 heterocycles. The maximum Gasteiger partial charge on any atom is 0.138 e. The molecule has 0 aliphatic rings. The predicted molar refractivity (Wildman–Crippen MR) is 41.7 cm³/mol. The van der Waals surface area contributed by atoms with Crippen LogP contribution in [0.2, 0.25) is 0 Å². The van der Waals surface area contributed by atoms with Crippen LogP contribution in [-0.4, -0.2) is 10.2 Å². The smallest absolute Gasteiger partial charge is 0.138 e. The number of hydrogen-bond donors (Lipinski definition) is 2. The van der Waals surface area contributed by atoms with E-state index in [0.717, 1.165) is 6.07 Å². The fourth-order valence-corrected chi connectivity index (χ4v) is 1.04. The van der Waals surface area contributed by atoms with E-state index in [9.17, 15) is 4.39 Å². The molecule has 0 atom stereocenters. The Balaban J connectivity index is 3.21. The molecular formula is C7H6BrFO2. The number of hydrogen-bond acceptors (Lipinski definition) is 2.